The van der Waals surface area contributed by atoms with E-state index in [0.29, 0.717) is 6.29 Å². The molecule has 0 aliphatic rings. The Kier molecular flexibility index (Phi) is 3.50. The van der Waals surface area contributed by atoms with Gasteiger partial charge in [-0.2, -0.15) is 0 Å². The summed E-state index contributed by atoms with van der Waals surface area (Å²) in [4.78, 5) is 23.1. The van der Waals surface area contributed by atoms with Gasteiger partial charge in [-0.3, -0.25) is 9.69 Å². The number of anilines is 1. The smallest absolute Gasteiger partial charge is 0.412 e. The van der Waals surface area contributed by atoms with Crippen LogP contribution >= 0.6 is 0 Å². The molecule has 0 heterocycles. The number of halogens is 1. The second kappa shape index (κ2) is 4.53. The maximum Gasteiger partial charge on any atom is 0.412 e. The van der Waals surface area contributed by atoms with Crippen LogP contribution < -0.4 is 4.90 Å². The summed E-state index contributed by atoms with van der Waals surface area (Å²) in [7, 11) is 0. The summed E-state index contributed by atoms with van der Waals surface area (Å²) in [6.07, 6.45) is -0.743. The average Bonchev–Trinajstić information content (AvgIpc) is 2.17. The topological polar surface area (TPSA) is 57.6 Å². The van der Waals surface area contributed by atoms with Crippen molar-refractivity contribution in [3.63, 3.8) is 0 Å². The maximum absolute atomic E-state index is 13.0. The molecule has 0 fully saturated rings. The number of aldehydes is 1. The zero-order chi connectivity index (χ0) is 13.2. The molecule has 0 aliphatic carbocycles. The van der Waals surface area contributed by atoms with Gasteiger partial charge in [0.2, 0.25) is 0 Å². The number of carbonyl (C=O) groups excluding carboxylic acids is 1. The number of amides is 1. The lowest BCUT2D eigenvalue weighted by Crippen LogP contribution is -2.45. The quantitative estimate of drug-likeness (QED) is 0.807. The Hall–Kier alpha value is -1.91. The average molecular weight is 239 g/mol. The summed E-state index contributed by atoms with van der Waals surface area (Å²) in [6, 6.07) is 3.44. The highest BCUT2D eigenvalue weighted by Gasteiger charge is 2.29. The molecule has 0 aliphatic heterocycles. The normalized spacial score (nSPS) is 11.1. The summed E-state index contributed by atoms with van der Waals surface area (Å²) >= 11 is 0. The molecular formula is C12H14FNO3. The Balaban J connectivity index is 3.38. The van der Waals surface area contributed by atoms with Crippen LogP contribution in [0.25, 0.3) is 0 Å². The van der Waals surface area contributed by atoms with Gasteiger partial charge in [-0.25, -0.2) is 9.18 Å². The molecule has 0 atom stereocenters. The van der Waals surface area contributed by atoms with Gasteiger partial charge in [0, 0.05) is 11.1 Å². The number of hydrogen-bond acceptors (Lipinski definition) is 2. The molecule has 1 amide bonds. The van der Waals surface area contributed by atoms with E-state index < -0.39 is 17.4 Å². The Morgan fingerprint density at radius 1 is 1.41 bits per heavy atom. The van der Waals surface area contributed by atoms with Gasteiger partial charge < -0.3 is 5.11 Å². The van der Waals surface area contributed by atoms with Crippen LogP contribution in [0.3, 0.4) is 0 Å². The fraction of sp³-hybridized carbons (Fsp3) is 0.333. The number of nitrogens with zero attached hydrogens (tertiary/aromatic N) is 1. The van der Waals surface area contributed by atoms with Crippen molar-refractivity contribution in [2.45, 2.75) is 26.3 Å². The van der Waals surface area contributed by atoms with Crippen molar-refractivity contribution in [2.75, 3.05) is 4.90 Å². The van der Waals surface area contributed by atoms with Gasteiger partial charge in [-0.05, 0) is 39.0 Å². The van der Waals surface area contributed by atoms with Crippen molar-refractivity contribution in [2.24, 2.45) is 0 Å². The van der Waals surface area contributed by atoms with E-state index in [2.05, 4.69) is 0 Å². The highest BCUT2D eigenvalue weighted by Crippen LogP contribution is 2.27. The summed E-state index contributed by atoms with van der Waals surface area (Å²) < 4.78 is 13.0. The first-order valence-corrected chi connectivity index (χ1v) is 5.05. The third-order valence-electron chi connectivity index (χ3n) is 2.22. The molecule has 1 aromatic carbocycles. The van der Waals surface area contributed by atoms with Crippen molar-refractivity contribution < 1.29 is 19.1 Å². The minimum absolute atomic E-state index is 0.0160. The van der Waals surface area contributed by atoms with Gasteiger partial charge in [0.25, 0.3) is 0 Å². The van der Waals surface area contributed by atoms with Gasteiger partial charge in [0.05, 0.1) is 5.69 Å². The second-order valence-electron chi connectivity index (χ2n) is 4.61. The number of carbonyl (C=O) groups is 2. The third-order valence-corrected chi connectivity index (χ3v) is 2.22. The molecule has 0 spiro atoms. The molecule has 1 N–H and O–H groups in total. The molecule has 0 aromatic heterocycles. The Morgan fingerprint density at radius 2 is 2.00 bits per heavy atom. The molecule has 0 saturated heterocycles. The standard InChI is InChI=1S/C12H14FNO3/c1-12(2,3)14(11(16)17)10-5-4-9(13)6-8(10)7-15/h4-7H,1-3H3,(H,16,17). The first-order valence-electron chi connectivity index (χ1n) is 5.05. The van der Waals surface area contributed by atoms with Crippen LogP contribution in [0, 0.1) is 5.82 Å². The van der Waals surface area contributed by atoms with Gasteiger partial charge in [0.1, 0.15) is 5.82 Å². The monoisotopic (exact) mass is 239 g/mol. The van der Waals surface area contributed by atoms with E-state index in [9.17, 15) is 14.0 Å². The van der Waals surface area contributed by atoms with E-state index >= 15 is 0 Å². The van der Waals surface area contributed by atoms with Crippen molar-refractivity contribution in [3.05, 3.63) is 29.6 Å². The van der Waals surface area contributed by atoms with Crippen LogP contribution in [0.1, 0.15) is 31.1 Å². The van der Waals surface area contributed by atoms with E-state index in [-0.39, 0.29) is 11.3 Å². The molecule has 92 valence electrons. The van der Waals surface area contributed by atoms with Crippen LogP contribution in [0.4, 0.5) is 14.9 Å². The minimum Gasteiger partial charge on any atom is -0.465 e. The summed E-state index contributed by atoms with van der Waals surface area (Å²) in [6.45, 7) is 5.08. The molecule has 1 rings (SSSR count). The molecule has 0 saturated carbocycles. The highest BCUT2D eigenvalue weighted by molar-refractivity contribution is 5.95. The van der Waals surface area contributed by atoms with E-state index in [0.717, 1.165) is 17.0 Å². The Morgan fingerprint density at radius 3 is 2.41 bits per heavy atom. The molecule has 17 heavy (non-hydrogen) atoms. The zero-order valence-corrected chi connectivity index (χ0v) is 9.90. The Bertz CT molecular complexity index is 452. The molecule has 0 radical (unpaired) electrons. The Labute approximate surface area is 98.7 Å². The molecule has 0 bridgehead atoms. The fourth-order valence-corrected chi connectivity index (χ4v) is 1.57. The number of hydrogen-bond donors (Lipinski definition) is 1. The van der Waals surface area contributed by atoms with E-state index in [4.69, 9.17) is 5.11 Å². The number of rotatable bonds is 2. The van der Waals surface area contributed by atoms with Gasteiger partial charge in [-0.1, -0.05) is 0 Å². The summed E-state index contributed by atoms with van der Waals surface area (Å²) in [5.41, 5.74) is -0.523. The van der Waals surface area contributed by atoms with Gasteiger partial charge in [-0.15, -0.1) is 0 Å². The first-order chi connectivity index (χ1) is 7.77. The van der Waals surface area contributed by atoms with Crippen molar-refractivity contribution in [1.82, 2.24) is 0 Å². The molecule has 0 unspecified atom stereocenters. The molecular weight excluding hydrogens is 225 g/mol. The van der Waals surface area contributed by atoms with Crippen LogP contribution in [0.15, 0.2) is 18.2 Å². The van der Waals surface area contributed by atoms with Crippen LogP contribution in [0.5, 0.6) is 0 Å². The maximum atomic E-state index is 13.0. The first kappa shape index (κ1) is 13.2. The number of carboxylic acid groups (broad SMARTS) is 1. The van der Waals surface area contributed by atoms with Crippen LogP contribution in [0.2, 0.25) is 0 Å². The van der Waals surface area contributed by atoms with Gasteiger partial charge >= 0.3 is 6.09 Å². The SMILES string of the molecule is CC(C)(C)N(C(=O)O)c1ccc(F)cc1C=O. The van der Waals surface area contributed by atoms with E-state index in [1.165, 1.54) is 6.07 Å². The predicted molar refractivity (Wildman–Crippen MR) is 62.0 cm³/mol. The molecule has 5 heteroatoms. The van der Waals surface area contributed by atoms with Gasteiger partial charge in [0.15, 0.2) is 6.29 Å². The van der Waals surface area contributed by atoms with Crippen LogP contribution in [-0.2, 0) is 0 Å². The highest BCUT2D eigenvalue weighted by atomic mass is 19.1. The second-order valence-corrected chi connectivity index (χ2v) is 4.61. The largest absolute Gasteiger partial charge is 0.465 e. The predicted octanol–water partition coefficient (Wildman–Crippen LogP) is 2.92. The molecule has 1 aromatic rings. The molecule has 4 nitrogen and oxygen atoms in total. The van der Waals surface area contributed by atoms with Crippen molar-refractivity contribution in [3.8, 4) is 0 Å². The zero-order valence-electron chi connectivity index (χ0n) is 9.90. The van der Waals surface area contributed by atoms with Crippen molar-refractivity contribution >= 4 is 18.1 Å². The van der Waals surface area contributed by atoms with E-state index in [1.807, 2.05) is 0 Å². The summed E-state index contributed by atoms with van der Waals surface area (Å²) in [5, 5.41) is 9.17. The van der Waals surface area contributed by atoms with Crippen LogP contribution in [-0.4, -0.2) is 23.0 Å². The third kappa shape index (κ3) is 2.81. The lowest BCUT2D eigenvalue weighted by molar-refractivity contribution is 0.112. The van der Waals surface area contributed by atoms with E-state index in [1.54, 1.807) is 20.8 Å². The van der Waals surface area contributed by atoms with Crippen molar-refractivity contribution in [1.29, 1.82) is 0 Å². The number of benzene rings is 1. The minimum atomic E-state index is -1.19. The summed E-state index contributed by atoms with van der Waals surface area (Å²) in [5.74, 6) is -0.574. The lowest BCUT2D eigenvalue weighted by Gasteiger charge is -2.33. The lowest BCUT2D eigenvalue weighted by atomic mass is 10.0. The fourth-order valence-electron chi connectivity index (χ4n) is 1.57.